The van der Waals surface area contributed by atoms with Crippen LogP contribution in [0.2, 0.25) is 0 Å². The Balaban J connectivity index is 2.08. The first kappa shape index (κ1) is 21.6. The van der Waals surface area contributed by atoms with Gasteiger partial charge in [-0.15, -0.1) is 0 Å². The first-order valence-corrected chi connectivity index (χ1v) is 10.3. The van der Waals surface area contributed by atoms with Gasteiger partial charge in [0, 0.05) is 23.2 Å². The molecule has 1 aliphatic heterocycles. The summed E-state index contributed by atoms with van der Waals surface area (Å²) in [4.78, 5) is 23.6. The fourth-order valence-corrected chi connectivity index (χ4v) is 3.83. The van der Waals surface area contributed by atoms with E-state index in [1.54, 1.807) is 7.11 Å². The van der Waals surface area contributed by atoms with Crippen molar-refractivity contribution in [2.24, 2.45) is 0 Å². The SMILES string of the molecule is COc1c(C(C)C)cc(/C=C2/C(=O)Nc3ccc(CCC(=O)O)cc32)cc1C(C)C. The van der Waals surface area contributed by atoms with Gasteiger partial charge in [-0.1, -0.05) is 33.8 Å². The molecule has 1 heterocycles. The number of ether oxygens (including phenoxy) is 1. The molecule has 3 rings (SSSR count). The highest BCUT2D eigenvalue weighted by molar-refractivity contribution is 6.35. The van der Waals surface area contributed by atoms with E-state index in [2.05, 4.69) is 45.1 Å². The van der Waals surface area contributed by atoms with Crippen LogP contribution in [0.5, 0.6) is 5.75 Å². The zero-order chi connectivity index (χ0) is 22.0. The molecule has 0 aromatic heterocycles. The van der Waals surface area contributed by atoms with Gasteiger partial charge in [0.1, 0.15) is 5.75 Å². The number of carbonyl (C=O) groups is 2. The second-order valence-corrected chi connectivity index (χ2v) is 8.33. The van der Waals surface area contributed by atoms with Crippen molar-refractivity contribution in [2.45, 2.75) is 52.4 Å². The molecule has 0 atom stereocenters. The number of amides is 1. The molecule has 0 radical (unpaired) electrons. The minimum absolute atomic E-state index is 0.0627. The summed E-state index contributed by atoms with van der Waals surface area (Å²) in [6, 6.07) is 9.80. The Morgan fingerprint density at radius 1 is 1.10 bits per heavy atom. The van der Waals surface area contributed by atoms with Crippen molar-refractivity contribution in [1.29, 1.82) is 0 Å². The molecule has 5 nitrogen and oxygen atoms in total. The second kappa shape index (κ2) is 8.74. The summed E-state index contributed by atoms with van der Waals surface area (Å²) < 4.78 is 5.72. The number of methoxy groups -OCH3 is 1. The number of anilines is 1. The molecule has 2 aromatic rings. The number of carbonyl (C=O) groups excluding carboxylic acids is 1. The van der Waals surface area contributed by atoms with Gasteiger partial charge >= 0.3 is 5.97 Å². The van der Waals surface area contributed by atoms with Crippen molar-refractivity contribution in [1.82, 2.24) is 0 Å². The maximum absolute atomic E-state index is 12.7. The number of benzene rings is 2. The van der Waals surface area contributed by atoms with Gasteiger partial charge in [-0.3, -0.25) is 9.59 Å². The normalized spacial score (nSPS) is 14.4. The summed E-state index contributed by atoms with van der Waals surface area (Å²) in [6.45, 7) is 8.52. The van der Waals surface area contributed by atoms with Crippen LogP contribution in [0.15, 0.2) is 30.3 Å². The van der Waals surface area contributed by atoms with Gasteiger partial charge in [0.25, 0.3) is 5.91 Å². The Labute approximate surface area is 177 Å². The lowest BCUT2D eigenvalue weighted by molar-refractivity contribution is -0.137. The largest absolute Gasteiger partial charge is 0.496 e. The maximum Gasteiger partial charge on any atom is 0.303 e. The van der Waals surface area contributed by atoms with E-state index in [0.717, 1.165) is 39.3 Å². The van der Waals surface area contributed by atoms with Crippen LogP contribution in [0.4, 0.5) is 5.69 Å². The lowest BCUT2D eigenvalue weighted by Gasteiger charge is -2.19. The third kappa shape index (κ3) is 4.40. The molecular formula is C25H29NO4. The standard InChI is InChI=1S/C25H29NO4/c1-14(2)18-11-17(12-19(15(3)4)24(18)30-5)13-21-20-10-16(7-9-23(27)28)6-8-22(20)26-25(21)29/h6,8,10-15H,7,9H2,1-5H3,(H,26,29)(H,27,28)/b21-13+. The monoisotopic (exact) mass is 407 g/mol. The zero-order valence-corrected chi connectivity index (χ0v) is 18.2. The van der Waals surface area contributed by atoms with Gasteiger partial charge in [0.2, 0.25) is 0 Å². The van der Waals surface area contributed by atoms with Crippen LogP contribution in [0.25, 0.3) is 11.6 Å². The van der Waals surface area contributed by atoms with Crippen LogP contribution in [0, 0.1) is 0 Å². The van der Waals surface area contributed by atoms with Crippen molar-refractivity contribution in [3.8, 4) is 5.75 Å². The molecular weight excluding hydrogens is 378 g/mol. The number of fused-ring (bicyclic) bond motifs is 1. The van der Waals surface area contributed by atoms with E-state index >= 15 is 0 Å². The Bertz CT molecular complexity index is 989. The highest BCUT2D eigenvalue weighted by Gasteiger charge is 2.25. The van der Waals surface area contributed by atoms with Crippen LogP contribution < -0.4 is 10.1 Å². The molecule has 1 amide bonds. The molecule has 1 aliphatic rings. The summed E-state index contributed by atoms with van der Waals surface area (Å²) in [5, 5.41) is 11.9. The highest BCUT2D eigenvalue weighted by Crippen LogP contribution is 2.38. The van der Waals surface area contributed by atoms with E-state index < -0.39 is 5.97 Å². The van der Waals surface area contributed by atoms with Gasteiger partial charge in [0.05, 0.1) is 7.11 Å². The van der Waals surface area contributed by atoms with E-state index in [-0.39, 0.29) is 24.2 Å². The molecule has 2 N–H and O–H groups in total. The minimum Gasteiger partial charge on any atom is -0.496 e. The molecule has 0 unspecified atom stereocenters. The molecule has 0 aliphatic carbocycles. The van der Waals surface area contributed by atoms with Crippen LogP contribution in [0.3, 0.4) is 0 Å². The third-order valence-electron chi connectivity index (χ3n) is 5.42. The lowest BCUT2D eigenvalue weighted by atomic mass is 9.90. The predicted octanol–water partition coefficient (Wildman–Crippen LogP) is 5.45. The summed E-state index contributed by atoms with van der Waals surface area (Å²) in [5.41, 5.74) is 6.25. The van der Waals surface area contributed by atoms with Crippen LogP contribution in [-0.4, -0.2) is 24.1 Å². The Morgan fingerprint density at radius 2 is 1.73 bits per heavy atom. The maximum atomic E-state index is 12.7. The topological polar surface area (TPSA) is 75.6 Å². The summed E-state index contributed by atoms with van der Waals surface area (Å²) in [6.07, 6.45) is 2.41. The van der Waals surface area contributed by atoms with Gasteiger partial charge in [-0.05, 0) is 70.9 Å². The number of rotatable bonds is 7. The molecule has 5 heteroatoms. The minimum atomic E-state index is -0.832. The Hall–Kier alpha value is -3.08. The Morgan fingerprint density at radius 3 is 2.27 bits per heavy atom. The molecule has 0 saturated heterocycles. The fourth-order valence-electron chi connectivity index (χ4n) is 3.83. The van der Waals surface area contributed by atoms with Gasteiger partial charge in [-0.2, -0.15) is 0 Å². The van der Waals surface area contributed by atoms with Crippen LogP contribution in [-0.2, 0) is 16.0 Å². The summed E-state index contributed by atoms with van der Waals surface area (Å²) >= 11 is 0. The predicted molar refractivity (Wildman–Crippen MR) is 120 cm³/mol. The number of aryl methyl sites for hydroxylation is 1. The van der Waals surface area contributed by atoms with Gasteiger partial charge in [0.15, 0.2) is 0 Å². The third-order valence-corrected chi connectivity index (χ3v) is 5.42. The molecule has 0 bridgehead atoms. The van der Waals surface area contributed by atoms with Crippen molar-refractivity contribution in [3.63, 3.8) is 0 Å². The van der Waals surface area contributed by atoms with Crippen molar-refractivity contribution >= 4 is 29.2 Å². The number of hydrogen-bond donors (Lipinski definition) is 2. The molecule has 0 fully saturated rings. The van der Waals surface area contributed by atoms with E-state index in [4.69, 9.17) is 9.84 Å². The summed E-state index contributed by atoms with van der Waals surface area (Å²) in [7, 11) is 1.70. The van der Waals surface area contributed by atoms with Gasteiger partial charge < -0.3 is 15.2 Å². The quantitative estimate of drug-likeness (QED) is 0.598. The number of aliphatic carboxylic acids is 1. The molecule has 30 heavy (non-hydrogen) atoms. The second-order valence-electron chi connectivity index (χ2n) is 8.33. The number of carboxylic acid groups (broad SMARTS) is 1. The number of carboxylic acids is 1. The molecule has 0 saturated carbocycles. The number of nitrogens with one attached hydrogen (secondary N) is 1. The highest BCUT2D eigenvalue weighted by atomic mass is 16.5. The van der Waals surface area contributed by atoms with E-state index in [1.807, 2.05) is 24.3 Å². The fraction of sp³-hybridized carbons (Fsp3) is 0.360. The van der Waals surface area contributed by atoms with Crippen LogP contribution in [0.1, 0.15) is 73.8 Å². The summed E-state index contributed by atoms with van der Waals surface area (Å²) in [5.74, 6) is 0.495. The molecule has 2 aromatic carbocycles. The first-order valence-electron chi connectivity index (χ1n) is 10.3. The van der Waals surface area contributed by atoms with E-state index in [9.17, 15) is 9.59 Å². The average Bonchev–Trinajstić information content (AvgIpc) is 3.00. The van der Waals surface area contributed by atoms with Crippen molar-refractivity contribution in [3.05, 3.63) is 58.1 Å². The average molecular weight is 408 g/mol. The smallest absolute Gasteiger partial charge is 0.303 e. The van der Waals surface area contributed by atoms with Crippen molar-refractivity contribution < 1.29 is 19.4 Å². The molecule has 158 valence electrons. The number of hydrogen-bond acceptors (Lipinski definition) is 3. The van der Waals surface area contributed by atoms with Gasteiger partial charge in [-0.25, -0.2) is 0 Å². The van der Waals surface area contributed by atoms with Crippen LogP contribution >= 0.6 is 0 Å². The van der Waals surface area contributed by atoms with E-state index in [0.29, 0.717) is 12.0 Å². The molecule has 0 spiro atoms. The first-order chi connectivity index (χ1) is 14.2. The van der Waals surface area contributed by atoms with Crippen molar-refractivity contribution in [2.75, 3.05) is 12.4 Å². The Kier molecular flexibility index (Phi) is 6.30. The van der Waals surface area contributed by atoms with E-state index in [1.165, 1.54) is 0 Å². The zero-order valence-electron chi connectivity index (χ0n) is 18.2. The lowest BCUT2D eigenvalue weighted by Crippen LogP contribution is -2.04.